The van der Waals surface area contributed by atoms with Gasteiger partial charge < -0.3 is 10.4 Å². The van der Waals surface area contributed by atoms with Crippen LogP contribution >= 0.6 is 11.6 Å². The minimum Gasteiger partial charge on any atom is -0.396 e. The Morgan fingerprint density at radius 1 is 1.56 bits per heavy atom. The van der Waals surface area contributed by atoms with Crippen molar-refractivity contribution >= 4 is 17.5 Å². The zero-order valence-electron chi connectivity index (χ0n) is 10.7. The monoisotopic (exact) mass is 270 g/mol. The highest BCUT2D eigenvalue weighted by Gasteiger charge is 2.19. The fourth-order valence-corrected chi connectivity index (χ4v) is 1.83. The highest BCUT2D eigenvalue weighted by atomic mass is 35.5. The third-order valence-corrected chi connectivity index (χ3v) is 3.06. The van der Waals surface area contributed by atoms with Crippen molar-refractivity contribution in [3.8, 4) is 0 Å². The van der Waals surface area contributed by atoms with Gasteiger partial charge >= 0.3 is 0 Å². The van der Waals surface area contributed by atoms with Crippen LogP contribution in [0.3, 0.4) is 0 Å². The average Bonchev–Trinajstić information content (AvgIpc) is 2.34. The molecule has 1 amide bonds. The van der Waals surface area contributed by atoms with E-state index in [0.29, 0.717) is 17.1 Å². The van der Waals surface area contributed by atoms with E-state index in [0.717, 1.165) is 12.8 Å². The van der Waals surface area contributed by atoms with Crippen LogP contribution < -0.4 is 5.32 Å². The van der Waals surface area contributed by atoms with Gasteiger partial charge in [0.15, 0.2) is 0 Å². The molecule has 0 aliphatic carbocycles. The van der Waals surface area contributed by atoms with Crippen LogP contribution in [0.1, 0.15) is 37.0 Å². The summed E-state index contributed by atoms with van der Waals surface area (Å²) in [5.74, 6) is -0.195. The molecular weight excluding hydrogens is 252 g/mol. The summed E-state index contributed by atoms with van der Waals surface area (Å²) in [6.07, 6.45) is 4.58. The molecule has 0 aromatic carbocycles. The minimum absolute atomic E-state index is 0.0438. The molecule has 100 valence electrons. The van der Waals surface area contributed by atoms with Crippen molar-refractivity contribution in [2.24, 2.45) is 5.41 Å². The van der Waals surface area contributed by atoms with Gasteiger partial charge in [-0.3, -0.25) is 9.78 Å². The summed E-state index contributed by atoms with van der Waals surface area (Å²) < 4.78 is 0. The SMILES string of the molecule is CC(C)(CCCO)CNC(=O)c1ccncc1Cl. The largest absolute Gasteiger partial charge is 0.396 e. The highest BCUT2D eigenvalue weighted by molar-refractivity contribution is 6.33. The number of rotatable bonds is 6. The molecule has 18 heavy (non-hydrogen) atoms. The number of nitrogens with zero attached hydrogens (tertiary/aromatic N) is 1. The number of aromatic nitrogens is 1. The standard InChI is InChI=1S/C13H19ClN2O2/c1-13(2,5-3-7-17)9-16-12(18)10-4-6-15-8-11(10)14/h4,6,8,17H,3,5,7,9H2,1-2H3,(H,16,18). The molecule has 2 N–H and O–H groups in total. The molecule has 1 aromatic rings. The third kappa shape index (κ3) is 4.63. The lowest BCUT2D eigenvalue weighted by Crippen LogP contribution is -2.34. The maximum Gasteiger partial charge on any atom is 0.252 e. The quantitative estimate of drug-likeness (QED) is 0.834. The van der Waals surface area contributed by atoms with Crippen LogP contribution in [0.15, 0.2) is 18.5 Å². The number of hydrogen-bond donors (Lipinski definition) is 2. The number of carbonyl (C=O) groups is 1. The van der Waals surface area contributed by atoms with Crippen molar-refractivity contribution in [2.75, 3.05) is 13.2 Å². The van der Waals surface area contributed by atoms with Gasteiger partial charge in [0.1, 0.15) is 0 Å². The second-order valence-electron chi connectivity index (χ2n) is 5.03. The van der Waals surface area contributed by atoms with Crippen molar-refractivity contribution in [3.05, 3.63) is 29.0 Å². The number of nitrogens with one attached hydrogen (secondary N) is 1. The minimum atomic E-state index is -0.195. The molecule has 0 atom stereocenters. The topological polar surface area (TPSA) is 62.2 Å². The first kappa shape index (κ1) is 14.9. The fourth-order valence-electron chi connectivity index (χ4n) is 1.62. The van der Waals surface area contributed by atoms with Crippen molar-refractivity contribution in [1.82, 2.24) is 10.3 Å². The van der Waals surface area contributed by atoms with Gasteiger partial charge in [-0.1, -0.05) is 25.4 Å². The van der Waals surface area contributed by atoms with Crippen LogP contribution in [-0.4, -0.2) is 29.1 Å². The van der Waals surface area contributed by atoms with Gasteiger partial charge in [0, 0.05) is 25.5 Å². The van der Waals surface area contributed by atoms with Crippen LogP contribution in [0.25, 0.3) is 0 Å². The van der Waals surface area contributed by atoms with E-state index in [1.165, 1.54) is 12.4 Å². The number of aliphatic hydroxyl groups excluding tert-OH is 1. The van der Waals surface area contributed by atoms with Gasteiger partial charge in [-0.05, 0) is 24.3 Å². The molecule has 4 nitrogen and oxygen atoms in total. The normalized spacial score (nSPS) is 11.3. The number of halogens is 1. The lowest BCUT2D eigenvalue weighted by Gasteiger charge is -2.24. The third-order valence-electron chi connectivity index (χ3n) is 2.76. The summed E-state index contributed by atoms with van der Waals surface area (Å²) in [6, 6.07) is 1.60. The van der Waals surface area contributed by atoms with Crippen LogP contribution in [0.4, 0.5) is 0 Å². The van der Waals surface area contributed by atoms with Crippen LogP contribution in [0.2, 0.25) is 5.02 Å². The molecule has 0 saturated carbocycles. The van der Waals surface area contributed by atoms with Crippen molar-refractivity contribution in [1.29, 1.82) is 0 Å². The van der Waals surface area contributed by atoms with Gasteiger partial charge in [-0.25, -0.2) is 0 Å². The average molecular weight is 271 g/mol. The Morgan fingerprint density at radius 3 is 2.89 bits per heavy atom. The lowest BCUT2D eigenvalue weighted by atomic mass is 9.88. The predicted octanol–water partition coefficient (Wildman–Crippen LogP) is 2.26. The Kier molecular flexibility index (Phi) is 5.56. The smallest absolute Gasteiger partial charge is 0.252 e. The Balaban J connectivity index is 2.54. The van der Waals surface area contributed by atoms with Crippen LogP contribution in [0, 0.1) is 5.41 Å². The Morgan fingerprint density at radius 2 is 2.28 bits per heavy atom. The molecule has 0 unspecified atom stereocenters. The fraction of sp³-hybridized carbons (Fsp3) is 0.538. The molecule has 0 fully saturated rings. The number of hydrogen-bond acceptors (Lipinski definition) is 3. The molecule has 1 aromatic heterocycles. The molecule has 0 radical (unpaired) electrons. The summed E-state index contributed by atoms with van der Waals surface area (Å²) in [5, 5.41) is 12.0. The van der Waals surface area contributed by atoms with E-state index in [2.05, 4.69) is 24.1 Å². The van der Waals surface area contributed by atoms with E-state index >= 15 is 0 Å². The highest BCUT2D eigenvalue weighted by Crippen LogP contribution is 2.21. The van der Waals surface area contributed by atoms with Crippen molar-refractivity contribution in [2.45, 2.75) is 26.7 Å². The molecule has 0 aliphatic rings. The maximum absolute atomic E-state index is 11.9. The Hall–Kier alpha value is -1.13. The number of carbonyl (C=O) groups excluding carboxylic acids is 1. The molecule has 5 heteroatoms. The number of amides is 1. The molecule has 0 bridgehead atoms. The first-order valence-corrected chi connectivity index (χ1v) is 6.33. The summed E-state index contributed by atoms with van der Waals surface area (Å²) in [6.45, 7) is 4.83. The molecule has 0 saturated heterocycles. The van der Waals surface area contributed by atoms with Gasteiger partial charge in [0.25, 0.3) is 5.91 Å². The Bertz CT molecular complexity index is 408. The van der Waals surface area contributed by atoms with E-state index in [1.54, 1.807) is 6.07 Å². The lowest BCUT2D eigenvalue weighted by molar-refractivity contribution is 0.0933. The van der Waals surface area contributed by atoms with E-state index in [-0.39, 0.29) is 17.9 Å². The molecule has 1 heterocycles. The van der Waals surface area contributed by atoms with E-state index in [9.17, 15) is 4.79 Å². The van der Waals surface area contributed by atoms with Gasteiger partial charge in [-0.2, -0.15) is 0 Å². The molecule has 0 aliphatic heterocycles. The number of pyridine rings is 1. The van der Waals surface area contributed by atoms with E-state index in [4.69, 9.17) is 16.7 Å². The first-order chi connectivity index (χ1) is 8.46. The van der Waals surface area contributed by atoms with Crippen LogP contribution in [-0.2, 0) is 0 Å². The second-order valence-corrected chi connectivity index (χ2v) is 5.44. The summed E-state index contributed by atoms with van der Waals surface area (Å²) in [5.41, 5.74) is 0.391. The zero-order valence-corrected chi connectivity index (χ0v) is 11.5. The van der Waals surface area contributed by atoms with E-state index in [1.807, 2.05) is 0 Å². The first-order valence-electron chi connectivity index (χ1n) is 5.95. The zero-order chi connectivity index (χ0) is 13.6. The van der Waals surface area contributed by atoms with Crippen molar-refractivity contribution < 1.29 is 9.90 Å². The maximum atomic E-state index is 11.9. The van der Waals surface area contributed by atoms with Crippen molar-refractivity contribution in [3.63, 3.8) is 0 Å². The van der Waals surface area contributed by atoms with Gasteiger partial charge in [-0.15, -0.1) is 0 Å². The van der Waals surface area contributed by atoms with E-state index < -0.39 is 0 Å². The number of aliphatic hydroxyl groups is 1. The summed E-state index contributed by atoms with van der Waals surface area (Å²) in [7, 11) is 0. The van der Waals surface area contributed by atoms with Gasteiger partial charge in [0.2, 0.25) is 0 Å². The van der Waals surface area contributed by atoms with Gasteiger partial charge in [0.05, 0.1) is 10.6 Å². The summed E-state index contributed by atoms with van der Waals surface area (Å²) >= 11 is 5.90. The molecule has 0 spiro atoms. The predicted molar refractivity (Wildman–Crippen MR) is 71.7 cm³/mol. The second kappa shape index (κ2) is 6.71. The van der Waals surface area contributed by atoms with Crippen LogP contribution in [0.5, 0.6) is 0 Å². The Labute approximate surface area is 112 Å². The molecule has 1 rings (SSSR count). The molecular formula is C13H19ClN2O2. The summed E-state index contributed by atoms with van der Waals surface area (Å²) in [4.78, 5) is 15.8.